The number of nitrogens with one attached hydrogen (secondary N) is 1. The van der Waals surface area contributed by atoms with Gasteiger partial charge in [0.1, 0.15) is 5.75 Å². The number of aliphatic hydroxyl groups is 1. The Morgan fingerprint density at radius 1 is 1.20 bits per heavy atom. The minimum Gasteiger partial charge on any atom is -0.547 e. The number of hydrogen-bond acceptors (Lipinski definition) is 3. The summed E-state index contributed by atoms with van der Waals surface area (Å²) in [5, 5.41) is 12.7. The average Bonchev–Trinajstić information content (AvgIpc) is 2.44. The number of rotatable bonds is 8. The van der Waals surface area contributed by atoms with Gasteiger partial charge in [-0.15, -0.1) is 0 Å². The standard InChI is InChI=1S/C20H35NO3Si/c1-19(2,3)16-10-8-9-15(18(16)24-25(6)7)12-14-21-17(22)11-13-20(4,5)23/h8-10,23,25H,11-14H2,1-7H3,(H,21,22). The molecule has 0 bridgehead atoms. The molecule has 25 heavy (non-hydrogen) atoms. The number of amides is 1. The van der Waals surface area contributed by atoms with Crippen LogP contribution in [0.1, 0.15) is 58.6 Å². The summed E-state index contributed by atoms with van der Waals surface area (Å²) in [6.07, 6.45) is 1.55. The Balaban J connectivity index is 2.76. The molecular formula is C20H35NO3Si. The molecule has 5 heteroatoms. The predicted molar refractivity (Wildman–Crippen MR) is 107 cm³/mol. The van der Waals surface area contributed by atoms with Gasteiger partial charge in [0.25, 0.3) is 0 Å². The van der Waals surface area contributed by atoms with Crippen LogP contribution < -0.4 is 9.74 Å². The average molecular weight is 366 g/mol. The Labute approximate surface area is 154 Å². The molecular weight excluding hydrogens is 330 g/mol. The van der Waals surface area contributed by atoms with E-state index in [-0.39, 0.29) is 11.3 Å². The Hall–Kier alpha value is -1.33. The van der Waals surface area contributed by atoms with Gasteiger partial charge in [-0.3, -0.25) is 4.79 Å². The van der Waals surface area contributed by atoms with E-state index in [0.29, 0.717) is 19.4 Å². The molecule has 0 fully saturated rings. The number of para-hydroxylation sites is 1. The molecule has 0 saturated heterocycles. The van der Waals surface area contributed by atoms with E-state index in [2.05, 4.69) is 57.4 Å². The molecule has 1 rings (SSSR count). The molecule has 2 N–H and O–H groups in total. The van der Waals surface area contributed by atoms with Gasteiger partial charge in [0.05, 0.1) is 5.60 Å². The fourth-order valence-electron chi connectivity index (χ4n) is 2.59. The molecule has 0 aliphatic carbocycles. The van der Waals surface area contributed by atoms with Crippen molar-refractivity contribution in [3.8, 4) is 5.75 Å². The lowest BCUT2D eigenvalue weighted by molar-refractivity contribution is -0.122. The van der Waals surface area contributed by atoms with Gasteiger partial charge in [-0.1, -0.05) is 39.0 Å². The molecule has 142 valence electrons. The predicted octanol–water partition coefficient (Wildman–Crippen LogP) is 3.56. The second kappa shape index (κ2) is 8.85. The Kier molecular flexibility index (Phi) is 7.69. The van der Waals surface area contributed by atoms with Crippen molar-refractivity contribution in [3.05, 3.63) is 29.3 Å². The monoisotopic (exact) mass is 365 g/mol. The van der Waals surface area contributed by atoms with E-state index in [1.165, 1.54) is 5.56 Å². The van der Waals surface area contributed by atoms with Crippen LogP contribution in [0.3, 0.4) is 0 Å². The first-order valence-electron chi connectivity index (χ1n) is 9.18. The molecule has 4 nitrogen and oxygen atoms in total. The molecule has 0 aromatic heterocycles. The summed E-state index contributed by atoms with van der Waals surface area (Å²) in [4.78, 5) is 11.9. The van der Waals surface area contributed by atoms with Crippen LogP contribution in [0.25, 0.3) is 0 Å². The molecule has 1 aromatic rings. The Bertz CT molecular complexity index is 571. The highest BCUT2D eigenvalue weighted by molar-refractivity contribution is 6.49. The van der Waals surface area contributed by atoms with E-state index in [9.17, 15) is 9.90 Å². The second-order valence-electron chi connectivity index (χ2n) is 8.62. The first kappa shape index (κ1) is 21.7. The van der Waals surface area contributed by atoms with Crippen LogP contribution in [0.4, 0.5) is 0 Å². The fourth-order valence-corrected chi connectivity index (χ4v) is 3.34. The molecule has 1 amide bonds. The summed E-state index contributed by atoms with van der Waals surface area (Å²) in [6.45, 7) is 14.9. The minimum absolute atomic E-state index is 0.0184. The molecule has 0 atom stereocenters. The number of benzene rings is 1. The first-order valence-corrected chi connectivity index (χ1v) is 12.0. The fraction of sp³-hybridized carbons (Fsp3) is 0.650. The maximum absolute atomic E-state index is 11.9. The van der Waals surface area contributed by atoms with Gasteiger partial charge in [0, 0.05) is 13.0 Å². The number of carbonyl (C=O) groups is 1. The van der Waals surface area contributed by atoms with Crippen molar-refractivity contribution in [2.75, 3.05) is 6.54 Å². The summed E-state index contributed by atoms with van der Waals surface area (Å²) in [7, 11) is -1.22. The van der Waals surface area contributed by atoms with E-state index in [4.69, 9.17) is 4.43 Å². The van der Waals surface area contributed by atoms with Gasteiger partial charge in [-0.2, -0.15) is 0 Å². The maximum atomic E-state index is 11.9. The van der Waals surface area contributed by atoms with Crippen molar-refractivity contribution in [3.63, 3.8) is 0 Å². The Morgan fingerprint density at radius 3 is 2.36 bits per heavy atom. The third kappa shape index (κ3) is 8.06. The topological polar surface area (TPSA) is 58.6 Å². The molecule has 0 aliphatic heterocycles. The molecule has 0 aliphatic rings. The summed E-state index contributed by atoms with van der Waals surface area (Å²) in [5.74, 6) is 0.984. The quantitative estimate of drug-likeness (QED) is 0.693. The zero-order chi connectivity index (χ0) is 19.3. The van der Waals surface area contributed by atoms with Gasteiger partial charge < -0.3 is 14.8 Å². The number of hydrogen-bond donors (Lipinski definition) is 2. The van der Waals surface area contributed by atoms with Crippen molar-refractivity contribution in [1.29, 1.82) is 0 Å². The van der Waals surface area contributed by atoms with Gasteiger partial charge >= 0.3 is 0 Å². The van der Waals surface area contributed by atoms with E-state index in [1.54, 1.807) is 13.8 Å². The highest BCUT2D eigenvalue weighted by Gasteiger charge is 2.22. The summed E-state index contributed by atoms with van der Waals surface area (Å²) >= 11 is 0. The highest BCUT2D eigenvalue weighted by atomic mass is 28.3. The first-order chi connectivity index (χ1) is 11.4. The van der Waals surface area contributed by atoms with Crippen LogP contribution in [0, 0.1) is 0 Å². The van der Waals surface area contributed by atoms with Crippen molar-refractivity contribution in [1.82, 2.24) is 5.32 Å². The van der Waals surface area contributed by atoms with Crippen LogP contribution in [-0.2, 0) is 16.6 Å². The van der Waals surface area contributed by atoms with Crippen LogP contribution >= 0.6 is 0 Å². The van der Waals surface area contributed by atoms with Crippen LogP contribution in [0.5, 0.6) is 5.75 Å². The molecule has 0 spiro atoms. The summed E-state index contributed by atoms with van der Waals surface area (Å²) in [6, 6.07) is 6.29. The Morgan fingerprint density at radius 2 is 1.84 bits per heavy atom. The van der Waals surface area contributed by atoms with Gasteiger partial charge in [0.15, 0.2) is 0 Å². The van der Waals surface area contributed by atoms with Gasteiger partial charge in [-0.25, -0.2) is 0 Å². The van der Waals surface area contributed by atoms with Crippen LogP contribution in [0.15, 0.2) is 18.2 Å². The lowest BCUT2D eigenvalue weighted by atomic mass is 9.85. The van der Waals surface area contributed by atoms with Crippen LogP contribution in [-0.4, -0.2) is 32.2 Å². The van der Waals surface area contributed by atoms with E-state index < -0.39 is 14.6 Å². The molecule has 0 unspecified atom stereocenters. The SMILES string of the molecule is C[SiH](C)Oc1c(CCNC(=O)CCC(C)(C)O)cccc1C(C)(C)C. The molecule has 0 heterocycles. The lowest BCUT2D eigenvalue weighted by Gasteiger charge is -2.26. The van der Waals surface area contributed by atoms with E-state index in [1.807, 2.05) is 0 Å². The summed E-state index contributed by atoms with van der Waals surface area (Å²) < 4.78 is 6.25. The lowest BCUT2D eigenvalue weighted by Crippen LogP contribution is -2.29. The van der Waals surface area contributed by atoms with Gasteiger partial charge in [-0.05, 0) is 56.3 Å². The van der Waals surface area contributed by atoms with Crippen molar-refractivity contribution in [2.24, 2.45) is 0 Å². The molecule has 0 radical (unpaired) electrons. The number of carbonyl (C=O) groups excluding carboxylic acids is 1. The van der Waals surface area contributed by atoms with Crippen molar-refractivity contribution < 1.29 is 14.3 Å². The van der Waals surface area contributed by atoms with Crippen molar-refractivity contribution >= 4 is 14.9 Å². The molecule has 0 saturated carbocycles. The third-order valence-corrected chi connectivity index (χ3v) is 4.65. The zero-order valence-electron chi connectivity index (χ0n) is 16.9. The summed E-state index contributed by atoms with van der Waals surface area (Å²) in [5.41, 5.74) is 1.59. The second-order valence-corrected chi connectivity index (χ2v) is 11.0. The highest BCUT2D eigenvalue weighted by Crippen LogP contribution is 2.34. The van der Waals surface area contributed by atoms with Gasteiger partial charge in [0.2, 0.25) is 14.9 Å². The van der Waals surface area contributed by atoms with E-state index >= 15 is 0 Å². The normalized spacial score (nSPS) is 12.4. The maximum Gasteiger partial charge on any atom is 0.229 e. The zero-order valence-corrected chi connectivity index (χ0v) is 18.1. The van der Waals surface area contributed by atoms with Crippen molar-refractivity contribution in [2.45, 2.75) is 78.0 Å². The largest absolute Gasteiger partial charge is 0.547 e. The smallest absolute Gasteiger partial charge is 0.229 e. The third-order valence-electron chi connectivity index (χ3n) is 3.94. The van der Waals surface area contributed by atoms with E-state index in [0.717, 1.165) is 17.7 Å². The molecule has 1 aromatic carbocycles. The minimum atomic E-state index is -1.22. The van der Waals surface area contributed by atoms with Crippen LogP contribution in [0.2, 0.25) is 13.1 Å².